The Morgan fingerprint density at radius 2 is 1.20 bits per heavy atom. The highest BCUT2D eigenvalue weighted by atomic mass is 19.1. The van der Waals surface area contributed by atoms with E-state index in [-0.39, 0.29) is 11.6 Å². The Labute approximate surface area is 143 Å². The Kier molecular flexibility index (Phi) is 3.82. The van der Waals surface area contributed by atoms with E-state index >= 15 is 0 Å². The predicted molar refractivity (Wildman–Crippen MR) is 92.1 cm³/mol. The second-order valence-electron chi connectivity index (χ2n) is 5.52. The summed E-state index contributed by atoms with van der Waals surface area (Å²) in [5.74, 6) is 0.437. The first kappa shape index (κ1) is 15.2. The lowest BCUT2D eigenvalue weighted by Gasteiger charge is -2.05. The molecule has 3 aromatic carbocycles. The molecule has 1 heterocycles. The van der Waals surface area contributed by atoms with Gasteiger partial charge in [0.15, 0.2) is 11.6 Å². The summed E-state index contributed by atoms with van der Waals surface area (Å²) in [6.07, 6.45) is 0. The van der Waals surface area contributed by atoms with Crippen LogP contribution in [0.1, 0.15) is 0 Å². The van der Waals surface area contributed by atoms with Crippen LogP contribution in [0, 0.1) is 11.6 Å². The summed E-state index contributed by atoms with van der Waals surface area (Å²) in [4.78, 5) is 4.59. The minimum atomic E-state index is -0.315. The monoisotopic (exact) mass is 333 g/mol. The van der Waals surface area contributed by atoms with Crippen molar-refractivity contribution in [3.8, 4) is 28.5 Å². The molecule has 25 heavy (non-hydrogen) atoms. The lowest BCUT2D eigenvalue weighted by molar-refractivity contribution is 0.627. The zero-order valence-electron chi connectivity index (χ0n) is 13.1. The van der Waals surface area contributed by atoms with Gasteiger partial charge in [-0.3, -0.25) is 0 Å². The maximum Gasteiger partial charge on any atom is 0.182 e. The van der Waals surface area contributed by atoms with E-state index in [9.17, 15) is 8.78 Å². The molecule has 5 heteroatoms. The van der Waals surface area contributed by atoms with E-state index < -0.39 is 0 Å². The summed E-state index contributed by atoms with van der Waals surface area (Å²) in [7, 11) is 0. The fourth-order valence-corrected chi connectivity index (χ4v) is 2.57. The molecule has 0 amide bonds. The van der Waals surface area contributed by atoms with Crippen molar-refractivity contribution in [3.05, 3.63) is 90.5 Å². The van der Waals surface area contributed by atoms with Crippen LogP contribution in [-0.4, -0.2) is 14.8 Å². The molecule has 0 aliphatic heterocycles. The maximum atomic E-state index is 13.3. The average molecular weight is 333 g/mol. The molecule has 0 unspecified atom stereocenters. The van der Waals surface area contributed by atoms with Gasteiger partial charge in [0.1, 0.15) is 11.6 Å². The van der Waals surface area contributed by atoms with Crippen molar-refractivity contribution in [2.45, 2.75) is 0 Å². The molecule has 3 nitrogen and oxygen atoms in total. The predicted octanol–water partition coefficient (Wildman–Crippen LogP) is 4.88. The van der Waals surface area contributed by atoms with Crippen molar-refractivity contribution in [3.63, 3.8) is 0 Å². The van der Waals surface area contributed by atoms with Crippen LogP contribution in [0.2, 0.25) is 0 Å². The van der Waals surface area contributed by atoms with E-state index in [1.807, 2.05) is 30.3 Å². The third kappa shape index (κ3) is 3.04. The van der Waals surface area contributed by atoms with Gasteiger partial charge in [0.05, 0.1) is 5.69 Å². The van der Waals surface area contributed by atoms with Gasteiger partial charge in [0.2, 0.25) is 0 Å². The number of benzene rings is 3. The fraction of sp³-hybridized carbons (Fsp3) is 0. The molecule has 4 aromatic rings. The highest BCUT2D eigenvalue weighted by Crippen LogP contribution is 2.25. The molecule has 0 aliphatic rings. The topological polar surface area (TPSA) is 30.7 Å². The second kappa shape index (κ2) is 6.28. The average Bonchev–Trinajstić information content (AvgIpc) is 3.09. The molecule has 0 spiro atoms. The molecule has 0 radical (unpaired) electrons. The van der Waals surface area contributed by atoms with E-state index in [4.69, 9.17) is 0 Å². The quantitative estimate of drug-likeness (QED) is 0.535. The van der Waals surface area contributed by atoms with Gasteiger partial charge in [-0.25, -0.2) is 18.4 Å². The van der Waals surface area contributed by atoms with Crippen molar-refractivity contribution < 1.29 is 8.78 Å². The van der Waals surface area contributed by atoms with Gasteiger partial charge < -0.3 is 0 Å². The van der Waals surface area contributed by atoms with E-state index in [1.54, 1.807) is 28.9 Å². The molecule has 0 saturated carbocycles. The number of hydrogen-bond donors (Lipinski definition) is 0. The standard InChI is InChI=1S/C20H13F2N3/c21-16-10-6-14(7-11-16)19-23-20(15-8-12-17(22)13-9-15)25(24-19)18-4-2-1-3-5-18/h1-13H. The lowest BCUT2D eigenvalue weighted by Crippen LogP contribution is -1.99. The van der Waals surface area contributed by atoms with Crippen LogP contribution in [-0.2, 0) is 0 Å². The largest absolute Gasteiger partial charge is 0.213 e. The van der Waals surface area contributed by atoms with Crippen LogP contribution in [0.5, 0.6) is 0 Å². The van der Waals surface area contributed by atoms with E-state index in [0.29, 0.717) is 17.2 Å². The minimum Gasteiger partial charge on any atom is -0.213 e. The van der Waals surface area contributed by atoms with Crippen LogP contribution >= 0.6 is 0 Å². The molecule has 0 bridgehead atoms. The van der Waals surface area contributed by atoms with Crippen LogP contribution in [0.3, 0.4) is 0 Å². The molecule has 0 aliphatic carbocycles. The zero-order valence-corrected chi connectivity index (χ0v) is 13.1. The zero-order chi connectivity index (χ0) is 17.2. The van der Waals surface area contributed by atoms with E-state index in [0.717, 1.165) is 11.3 Å². The van der Waals surface area contributed by atoms with E-state index in [1.165, 1.54) is 24.3 Å². The number of aromatic nitrogens is 3. The summed E-state index contributed by atoms with van der Waals surface area (Å²) in [6.45, 7) is 0. The minimum absolute atomic E-state index is 0.312. The molecule has 1 aromatic heterocycles. The third-order valence-corrected chi connectivity index (χ3v) is 3.81. The summed E-state index contributed by atoms with van der Waals surface area (Å²) < 4.78 is 28.1. The van der Waals surface area contributed by atoms with Crippen molar-refractivity contribution in [1.82, 2.24) is 14.8 Å². The van der Waals surface area contributed by atoms with Gasteiger partial charge in [0.25, 0.3) is 0 Å². The number of hydrogen-bond acceptors (Lipinski definition) is 2. The van der Waals surface area contributed by atoms with E-state index in [2.05, 4.69) is 10.1 Å². The maximum absolute atomic E-state index is 13.3. The van der Waals surface area contributed by atoms with Crippen molar-refractivity contribution in [1.29, 1.82) is 0 Å². The normalized spacial score (nSPS) is 10.8. The van der Waals surface area contributed by atoms with Gasteiger partial charge in [-0.1, -0.05) is 18.2 Å². The van der Waals surface area contributed by atoms with Crippen molar-refractivity contribution in [2.24, 2.45) is 0 Å². The summed E-state index contributed by atoms with van der Waals surface area (Å²) in [6, 6.07) is 21.7. The lowest BCUT2D eigenvalue weighted by atomic mass is 10.2. The Morgan fingerprint density at radius 1 is 0.640 bits per heavy atom. The number of rotatable bonds is 3. The first-order valence-electron chi connectivity index (χ1n) is 7.75. The van der Waals surface area contributed by atoms with Gasteiger partial charge >= 0.3 is 0 Å². The number of nitrogens with zero attached hydrogens (tertiary/aromatic N) is 3. The third-order valence-electron chi connectivity index (χ3n) is 3.81. The molecule has 4 rings (SSSR count). The van der Waals surface area contributed by atoms with Gasteiger partial charge in [-0.15, -0.1) is 5.10 Å². The van der Waals surface area contributed by atoms with Crippen molar-refractivity contribution in [2.75, 3.05) is 0 Å². The molecular formula is C20H13F2N3. The van der Waals surface area contributed by atoms with Crippen LogP contribution in [0.15, 0.2) is 78.9 Å². The first-order valence-corrected chi connectivity index (χ1v) is 7.75. The summed E-state index contributed by atoms with van der Waals surface area (Å²) in [5, 5.41) is 4.57. The molecule has 0 N–H and O–H groups in total. The Bertz CT molecular complexity index is 992. The number of para-hydroxylation sites is 1. The van der Waals surface area contributed by atoms with Gasteiger partial charge in [0, 0.05) is 11.1 Å². The fourth-order valence-electron chi connectivity index (χ4n) is 2.57. The molecule has 0 saturated heterocycles. The van der Waals surface area contributed by atoms with Crippen molar-refractivity contribution >= 4 is 0 Å². The highest BCUT2D eigenvalue weighted by Gasteiger charge is 2.15. The molecule has 122 valence electrons. The molecule has 0 fully saturated rings. The second-order valence-corrected chi connectivity index (χ2v) is 5.52. The highest BCUT2D eigenvalue weighted by molar-refractivity contribution is 5.63. The molecular weight excluding hydrogens is 320 g/mol. The smallest absolute Gasteiger partial charge is 0.182 e. The summed E-state index contributed by atoms with van der Waals surface area (Å²) >= 11 is 0. The SMILES string of the molecule is Fc1ccc(-c2nc(-c3ccc(F)cc3)n(-c3ccccc3)n2)cc1. The summed E-state index contributed by atoms with van der Waals surface area (Å²) in [5.41, 5.74) is 2.29. The first-order chi connectivity index (χ1) is 12.2. The Hall–Kier alpha value is -3.34. The Morgan fingerprint density at radius 3 is 1.80 bits per heavy atom. The Balaban J connectivity index is 1.89. The van der Waals surface area contributed by atoms with Gasteiger partial charge in [-0.05, 0) is 60.7 Å². The van der Waals surface area contributed by atoms with Gasteiger partial charge in [-0.2, -0.15) is 0 Å². The molecule has 0 atom stereocenters. The number of halogens is 2. The van der Waals surface area contributed by atoms with Crippen LogP contribution in [0.4, 0.5) is 8.78 Å². The van der Waals surface area contributed by atoms with Crippen LogP contribution in [0.25, 0.3) is 28.5 Å². The van der Waals surface area contributed by atoms with Crippen LogP contribution < -0.4 is 0 Å².